The normalized spacial score (nSPS) is 15.5. The third-order valence-electron chi connectivity index (χ3n) is 4.81. The van der Waals surface area contributed by atoms with Crippen LogP contribution in [-0.4, -0.2) is 35.4 Å². The summed E-state index contributed by atoms with van der Waals surface area (Å²) in [6.07, 6.45) is 6.37. The van der Waals surface area contributed by atoms with Gasteiger partial charge in [0.15, 0.2) is 0 Å². The summed E-state index contributed by atoms with van der Waals surface area (Å²) in [4.78, 5) is 23.4. The van der Waals surface area contributed by atoms with Crippen LogP contribution in [-0.2, 0) is 4.79 Å². The molecule has 1 saturated heterocycles. The zero-order chi connectivity index (χ0) is 17.8. The molecule has 0 amide bonds. The lowest BCUT2D eigenvalue weighted by Gasteiger charge is -2.34. The standard InChI is InChI=1S/C18H21ClN2O3S/c19-15-4-5-16-17(14(15)8-12-23)21(18(24)25-16)20-9-6-13(7-10-20)3-1-2-11-22/h4-5,8,13,22H,1-3,6-7,9-11H2. The van der Waals surface area contributed by atoms with E-state index in [0.29, 0.717) is 22.0 Å². The summed E-state index contributed by atoms with van der Waals surface area (Å²) in [7, 11) is 0. The van der Waals surface area contributed by atoms with Gasteiger partial charge in [-0.15, -0.1) is 0 Å². The van der Waals surface area contributed by atoms with Gasteiger partial charge < -0.3 is 10.1 Å². The highest BCUT2D eigenvalue weighted by molar-refractivity contribution is 7.16. The highest BCUT2D eigenvalue weighted by Gasteiger charge is 2.23. The minimum absolute atomic E-state index is 0.0588. The lowest BCUT2D eigenvalue weighted by Crippen LogP contribution is -2.45. The van der Waals surface area contributed by atoms with Crippen molar-refractivity contribution in [2.45, 2.75) is 32.1 Å². The molecule has 1 aliphatic heterocycles. The van der Waals surface area contributed by atoms with Gasteiger partial charge in [0.05, 0.1) is 15.2 Å². The zero-order valence-corrected chi connectivity index (χ0v) is 15.5. The van der Waals surface area contributed by atoms with E-state index in [1.807, 2.05) is 6.07 Å². The van der Waals surface area contributed by atoms with Crippen LogP contribution in [0.15, 0.2) is 16.9 Å². The molecule has 1 aliphatic rings. The molecule has 2 aromatic rings. The summed E-state index contributed by atoms with van der Waals surface area (Å²) in [5.41, 5.74) is 1.25. The quantitative estimate of drug-likeness (QED) is 0.618. The van der Waals surface area contributed by atoms with Gasteiger partial charge in [-0.25, -0.2) is 9.47 Å². The molecule has 7 heteroatoms. The molecule has 3 rings (SSSR count). The number of thiazole rings is 1. The molecule has 0 atom stereocenters. The lowest BCUT2D eigenvalue weighted by molar-refractivity contribution is 0.269. The molecule has 0 bridgehead atoms. The molecule has 0 radical (unpaired) electrons. The van der Waals surface area contributed by atoms with Gasteiger partial charge in [0.2, 0.25) is 0 Å². The van der Waals surface area contributed by atoms with E-state index in [-0.39, 0.29) is 11.5 Å². The van der Waals surface area contributed by atoms with Crippen LogP contribution in [0.1, 0.15) is 37.7 Å². The molecule has 1 fully saturated rings. The summed E-state index contributed by atoms with van der Waals surface area (Å²) in [6, 6.07) is 3.53. The number of fused-ring (bicyclic) bond motifs is 1. The van der Waals surface area contributed by atoms with Crippen LogP contribution in [0, 0.1) is 5.92 Å². The predicted molar refractivity (Wildman–Crippen MR) is 103 cm³/mol. The number of unbranched alkanes of at least 4 members (excludes halogenated alkanes) is 1. The van der Waals surface area contributed by atoms with Crippen LogP contribution < -0.4 is 9.88 Å². The minimum Gasteiger partial charge on any atom is -0.396 e. The Morgan fingerprint density at radius 1 is 1.32 bits per heavy atom. The largest absolute Gasteiger partial charge is 0.396 e. The first kappa shape index (κ1) is 18.2. The fourth-order valence-corrected chi connectivity index (χ4v) is 4.62. The van der Waals surface area contributed by atoms with Crippen molar-refractivity contribution in [2.75, 3.05) is 24.7 Å². The van der Waals surface area contributed by atoms with Crippen molar-refractivity contribution < 1.29 is 9.90 Å². The molecule has 0 spiro atoms. The fourth-order valence-electron chi connectivity index (χ4n) is 3.50. The SMILES string of the molecule is O=C=Cc1c(Cl)ccc2sc(=O)n(N3CCC(CCCCO)CC3)c12. The molecule has 0 unspecified atom stereocenters. The molecule has 1 N–H and O–H groups in total. The molecule has 0 aliphatic carbocycles. The summed E-state index contributed by atoms with van der Waals surface area (Å²) >= 11 is 7.40. The first-order valence-electron chi connectivity index (χ1n) is 8.56. The Kier molecular flexibility index (Phi) is 5.97. The van der Waals surface area contributed by atoms with Gasteiger partial charge in [-0.05, 0) is 37.3 Å². The lowest BCUT2D eigenvalue weighted by atomic mass is 9.92. The van der Waals surface area contributed by atoms with Crippen LogP contribution in [0.3, 0.4) is 0 Å². The van der Waals surface area contributed by atoms with Crippen molar-refractivity contribution in [2.24, 2.45) is 5.92 Å². The van der Waals surface area contributed by atoms with Gasteiger partial charge >= 0.3 is 4.87 Å². The molecule has 2 heterocycles. The van der Waals surface area contributed by atoms with Crippen molar-refractivity contribution in [1.82, 2.24) is 4.68 Å². The highest BCUT2D eigenvalue weighted by Crippen LogP contribution is 2.30. The van der Waals surface area contributed by atoms with Gasteiger partial charge in [0.25, 0.3) is 0 Å². The molecule has 134 valence electrons. The third kappa shape index (κ3) is 3.82. The molecule has 5 nitrogen and oxygen atoms in total. The molecule has 0 saturated carbocycles. The maximum Gasteiger partial charge on any atom is 0.326 e. The van der Waals surface area contributed by atoms with Crippen LogP contribution in [0.5, 0.6) is 0 Å². The molecular formula is C18H21ClN2O3S. The van der Waals surface area contributed by atoms with E-state index in [4.69, 9.17) is 16.7 Å². The number of aliphatic hydroxyl groups is 1. The number of carbonyl (C=O) groups excluding carboxylic acids is 1. The average Bonchev–Trinajstić information content (AvgIpc) is 2.95. The highest BCUT2D eigenvalue weighted by atomic mass is 35.5. The number of nitrogens with zero attached hydrogens (tertiary/aromatic N) is 2. The molecule has 25 heavy (non-hydrogen) atoms. The molecule has 1 aromatic carbocycles. The first-order valence-corrected chi connectivity index (χ1v) is 9.76. The predicted octanol–water partition coefficient (Wildman–Crippen LogP) is 3.07. The van der Waals surface area contributed by atoms with Gasteiger partial charge in [-0.1, -0.05) is 35.8 Å². The topological polar surface area (TPSA) is 62.5 Å². The Bertz CT molecular complexity index is 846. The Morgan fingerprint density at radius 2 is 2.08 bits per heavy atom. The number of aromatic nitrogens is 1. The number of halogens is 1. The first-order chi connectivity index (χ1) is 12.2. The summed E-state index contributed by atoms with van der Waals surface area (Å²) in [5, 5.41) is 11.4. The van der Waals surface area contributed by atoms with Crippen molar-refractivity contribution in [3.05, 3.63) is 32.4 Å². The Hall–Kier alpha value is -1.59. The van der Waals surface area contributed by atoms with E-state index in [2.05, 4.69) is 5.01 Å². The van der Waals surface area contributed by atoms with E-state index < -0.39 is 0 Å². The number of rotatable bonds is 6. The monoisotopic (exact) mass is 380 g/mol. The van der Waals surface area contributed by atoms with Crippen LogP contribution in [0.2, 0.25) is 5.02 Å². The second-order valence-electron chi connectivity index (χ2n) is 6.37. The molecular weight excluding hydrogens is 360 g/mol. The Morgan fingerprint density at radius 3 is 2.76 bits per heavy atom. The van der Waals surface area contributed by atoms with Crippen LogP contribution in [0.25, 0.3) is 16.3 Å². The zero-order valence-electron chi connectivity index (χ0n) is 13.9. The van der Waals surface area contributed by atoms with E-state index in [0.717, 1.165) is 49.9 Å². The Balaban J connectivity index is 1.87. The van der Waals surface area contributed by atoms with Gasteiger partial charge in [0, 0.05) is 31.3 Å². The number of hydrogen-bond donors (Lipinski definition) is 1. The minimum atomic E-state index is -0.0588. The second kappa shape index (κ2) is 8.19. The summed E-state index contributed by atoms with van der Waals surface area (Å²) < 4.78 is 2.50. The van der Waals surface area contributed by atoms with Gasteiger partial charge in [-0.2, -0.15) is 0 Å². The average molecular weight is 381 g/mol. The fraction of sp³-hybridized carbons (Fsp3) is 0.500. The number of piperidine rings is 1. The van der Waals surface area contributed by atoms with Crippen LogP contribution >= 0.6 is 22.9 Å². The third-order valence-corrected chi connectivity index (χ3v) is 6.03. The van der Waals surface area contributed by atoms with E-state index in [1.165, 1.54) is 17.4 Å². The van der Waals surface area contributed by atoms with Crippen LogP contribution in [0.4, 0.5) is 0 Å². The molecule has 1 aromatic heterocycles. The number of hydrogen-bond acceptors (Lipinski definition) is 5. The second-order valence-corrected chi connectivity index (χ2v) is 7.77. The van der Waals surface area contributed by atoms with Crippen molar-refractivity contribution >= 4 is 45.2 Å². The Labute approximate surface area is 155 Å². The maximum absolute atomic E-state index is 12.6. The maximum atomic E-state index is 12.6. The van der Waals surface area contributed by atoms with E-state index >= 15 is 0 Å². The van der Waals surface area contributed by atoms with E-state index in [9.17, 15) is 9.59 Å². The van der Waals surface area contributed by atoms with Gasteiger partial charge in [0.1, 0.15) is 5.94 Å². The van der Waals surface area contributed by atoms with E-state index in [1.54, 1.807) is 16.7 Å². The van der Waals surface area contributed by atoms with Crippen molar-refractivity contribution in [3.63, 3.8) is 0 Å². The van der Waals surface area contributed by atoms with Crippen molar-refractivity contribution in [1.29, 1.82) is 0 Å². The summed E-state index contributed by atoms with van der Waals surface area (Å²) in [5.74, 6) is 2.42. The van der Waals surface area contributed by atoms with Gasteiger partial charge in [-0.3, -0.25) is 4.79 Å². The summed E-state index contributed by atoms with van der Waals surface area (Å²) in [6.45, 7) is 1.85. The smallest absolute Gasteiger partial charge is 0.326 e. The number of aliphatic hydroxyl groups excluding tert-OH is 1. The number of benzene rings is 1. The van der Waals surface area contributed by atoms with Crippen molar-refractivity contribution in [3.8, 4) is 0 Å².